The predicted octanol–water partition coefficient (Wildman–Crippen LogP) is 6.18. The van der Waals surface area contributed by atoms with Crippen LogP contribution >= 0.6 is 23.5 Å². The molecule has 0 radical (unpaired) electrons. The molecule has 1 unspecified atom stereocenters. The van der Waals surface area contributed by atoms with E-state index >= 15 is 0 Å². The number of nitrogens with zero attached hydrogens (tertiary/aromatic N) is 6. The molecular formula is C28H44N6O2S2. The Morgan fingerprint density at radius 2 is 1.32 bits per heavy atom. The first-order chi connectivity index (χ1) is 18.6. The van der Waals surface area contributed by atoms with Crippen LogP contribution in [0.4, 0.5) is 0 Å². The maximum atomic E-state index is 6.52. The summed E-state index contributed by atoms with van der Waals surface area (Å²) in [6.45, 7) is 6.58. The van der Waals surface area contributed by atoms with Crippen molar-refractivity contribution < 1.29 is 9.47 Å². The van der Waals surface area contributed by atoms with E-state index in [-0.39, 0.29) is 6.10 Å². The maximum absolute atomic E-state index is 6.52. The minimum Gasteiger partial charge on any atom is -0.472 e. The third-order valence-electron chi connectivity index (χ3n) is 7.27. The summed E-state index contributed by atoms with van der Waals surface area (Å²) in [5, 5.41) is 0. The highest BCUT2D eigenvalue weighted by Crippen LogP contribution is 2.30. The molecule has 8 nitrogen and oxygen atoms in total. The normalized spacial score (nSPS) is 17.8. The van der Waals surface area contributed by atoms with E-state index in [2.05, 4.69) is 60.5 Å². The van der Waals surface area contributed by atoms with Crippen LogP contribution in [0.15, 0.2) is 12.2 Å². The fourth-order valence-corrected chi connectivity index (χ4v) is 6.12. The van der Waals surface area contributed by atoms with Crippen LogP contribution in [0.5, 0.6) is 11.8 Å². The van der Waals surface area contributed by atoms with Crippen LogP contribution in [0.3, 0.4) is 0 Å². The molecule has 2 aromatic rings. The molecule has 2 aromatic heterocycles. The van der Waals surface area contributed by atoms with Crippen molar-refractivity contribution in [1.82, 2.24) is 27.3 Å². The molecule has 0 aromatic carbocycles. The van der Waals surface area contributed by atoms with E-state index in [9.17, 15) is 0 Å². The summed E-state index contributed by atoms with van der Waals surface area (Å²) < 4.78 is 31.0. The van der Waals surface area contributed by atoms with Crippen LogP contribution in [-0.4, -0.2) is 80.3 Å². The first-order valence-electron chi connectivity index (χ1n) is 14.3. The van der Waals surface area contributed by atoms with Gasteiger partial charge in [-0.1, -0.05) is 64.0 Å². The third kappa shape index (κ3) is 8.83. The lowest BCUT2D eigenvalue weighted by Crippen LogP contribution is -2.28. The zero-order valence-electron chi connectivity index (χ0n) is 23.4. The van der Waals surface area contributed by atoms with Crippen molar-refractivity contribution in [2.24, 2.45) is 0 Å². The van der Waals surface area contributed by atoms with Crippen molar-refractivity contribution in [3.05, 3.63) is 23.5 Å². The zero-order valence-corrected chi connectivity index (χ0v) is 25.0. The molecule has 4 rings (SSSR count). The third-order valence-corrected chi connectivity index (χ3v) is 8.30. The molecule has 0 spiro atoms. The highest BCUT2D eigenvalue weighted by Gasteiger charge is 2.24. The molecule has 38 heavy (non-hydrogen) atoms. The Morgan fingerprint density at radius 3 is 1.92 bits per heavy atom. The topological polar surface area (TPSA) is 76.5 Å². The summed E-state index contributed by atoms with van der Waals surface area (Å²) in [6.07, 6.45) is 17.7. The molecule has 4 heterocycles. The second-order valence-electron chi connectivity index (χ2n) is 10.7. The number of hydrogen-bond donors (Lipinski definition) is 0. The van der Waals surface area contributed by atoms with E-state index in [0.29, 0.717) is 18.4 Å². The van der Waals surface area contributed by atoms with Gasteiger partial charge >= 0.3 is 0 Å². The van der Waals surface area contributed by atoms with Crippen LogP contribution < -0.4 is 9.47 Å². The van der Waals surface area contributed by atoms with Crippen LogP contribution in [0, 0.1) is 0 Å². The molecule has 1 atom stereocenters. The lowest BCUT2D eigenvalue weighted by atomic mass is 10.1. The molecule has 0 saturated heterocycles. The molecule has 210 valence electrons. The Hall–Kier alpha value is -1.88. The molecule has 0 N–H and O–H groups in total. The molecule has 0 fully saturated rings. The van der Waals surface area contributed by atoms with Gasteiger partial charge in [-0.3, -0.25) is 0 Å². The molecule has 2 aliphatic heterocycles. The van der Waals surface area contributed by atoms with Gasteiger partial charge in [0.1, 0.15) is 24.1 Å². The second-order valence-corrected chi connectivity index (χ2v) is 11.7. The van der Waals surface area contributed by atoms with Crippen molar-refractivity contribution in [2.75, 3.05) is 46.9 Å². The van der Waals surface area contributed by atoms with Crippen LogP contribution in [0.25, 0.3) is 11.1 Å². The summed E-state index contributed by atoms with van der Waals surface area (Å²) in [5.41, 5.74) is 4.16. The molecule has 0 aliphatic carbocycles. The smallest absolute Gasteiger partial charge is 0.254 e. The summed E-state index contributed by atoms with van der Waals surface area (Å²) in [5.74, 6) is 1.26. The SMILES string of the molecule is CCCCCCCCCCC(COc1nsnc1C1=CCCN(C)C1)Oc1nsnc1C1=CCCN(C)C1. The Bertz CT molecular complexity index is 1040. The van der Waals surface area contributed by atoms with Crippen molar-refractivity contribution >= 4 is 34.6 Å². The van der Waals surface area contributed by atoms with Gasteiger partial charge in [0.2, 0.25) is 0 Å². The van der Waals surface area contributed by atoms with E-state index < -0.39 is 0 Å². The molecule has 0 bridgehead atoms. The minimum atomic E-state index is -0.114. The molecule has 2 aliphatic rings. The van der Waals surface area contributed by atoms with Gasteiger partial charge in [0, 0.05) is 26.2 Å². The first kappa shape index (κ1) is 29.1. The average molecular weight is 561 g/mol. The highest BCUT2D eigenvalue weighted by molar-refractivity contribution is 6.99. The van der Waals surface area contributed by atoms with Gasteiger partial charge in [-0.2, -0.15) is 8.75 Å². The lowest BCUT2D eigenvalue weighted by molar-refractivity contribution is 0.112. The van der Waals surface area contributed by atoms with Crippen molar-refractivity contribution in [2.45, 2.75) is 83.7 Å². The number of aromatic nitrogens is 4. The highest BCUT2D eigenvalue weighted by atomic mass is 32.1. The average Bonchev–Trinajstić information content (AvgIpc) is 3.58. The second kappa shape index (κ2) is 15.6. The zero-order chi connectivity index (χ0) is 26.6. The van der Waals surface area contributed by atoms with E-state index in [4.69, 9.17) is 9.47 Å². The lowest BCUT2D eigenvalue weighted by Gasteiger charge is -2.23. The van der Waals surface area contributed by atoms with Crippen LogP contribution in [0.2, 0.25) is 0 Å². The van der Waals surface area contributed by atoms with E-state index in [1.807, 2.05) is 0 Å². The monoisotopic (exact) mass is 560 g/mol. The molecule has 0 saturated carbocycles. The van der Waals surface area contributed by atoms with Gasteiger partial charge in [-0.05, 0) is 50.9 Å². The number of rotatable bonds is 16. The van der Waals surface area contributed by atoms with Crippen molar-refractivity contribution in [1.29, 1.82) is 0 Å². The van der Waals surface area contributed by atoms with Gasteiger partial charge in [0.05, 0.1) is 23.5 Å². The number of unbranched alkanes of at least 4 members (excludes halogenated alkanes) is 7. The number of ether oxygens (including phenoxy) is 2. The van der Waals surface area contributed by atoms with Gasteiger partial charge in [-0.25, -0.2) is 0 Å². The fraction of sp³-hybridized carbons (Fsp3) is 0.714. The fourth-order valence-electron chi connectivity index (χ4n) is 5.07. The quantitative estimate of drug-likeness (QED) is 0.225. The Kier molecular flexibility index (Phi) is 12.0. The summed E-state index contributed by atoms with van der Waals surface area (Å²) >= 11 is 2.44. The van der Waals surface area contributed by atoms with Gasteiger partial charge in [0.25, 0.3) is 11.8 Å². The molecule has 0 amide bonds. The largest absolute Gasteiger partial charge is 0.472 e. The molecular weight excluding hydrogens is 516 g/mol. The van der Waals surface area contributed by atoms with E-state index in [0.717, 1.165) is 63.3 Å². The Labute approximate surface area is 236 Å². The predicted molar refractivity (Wildman–Crippen MR) is 157 cm³/mol. The van der Waals surface area contributed by atoms with Crippen LogP contribution in [-0.2, 0) is 0 Å². The van der Waals surface area contributed by atoms with E-state index in [1.54, 1.807) is 0 Å². The van der Waals surface area contributed by atoms with Crippen LogP contribution in [0.1, 0.15) is 88.9 Å². The maximum Gasteiger partial charge on any atom is 0.254 e. The minimum absolute atomic E-state index is 0.114. The first-order valence-corrected chi connectivity index (χ1v) is 15.8. The van der Waals surface area contributed by atoms with Gasteiger partial charge in [0.15, 0.2) is 0 Å². The number of hydrogen-bond acceptors (Lipinski definition) is 10. The standard InChI is InChI=1S/C28H44N6O2S2/c1-4-5-6-7-8-9-10-11-16-24(36-28-26(30-38-32-28)23-15-13-18-34(3)20-23)21-35-27-25(29-37-31-27)22-14-12-17-33(2)19-22/h14-15,24H,4-13,16-21H2,1-3H3. The Morgan fingerprint density at radius 1 is 0.763 bits per heavy atom. The van der Waals surface area contributed by atoms with E-state index in [1.165, 1.54) is 79.5 Å². The summed E-state index contributed by atoms with van der Waals surface area (Å²) in [4.78, 5) is 4.62. The summed E-state index contributed by atoms with van der Waals surface area (Å²) in [7, 11) is 4.28. The van der Waals surface area contributed by atoms with Gasteiger partial charge < -0.3 is 19.3 Å². The molecule has 10 heteroatoms. The number of likely N-dealkylation sites (N-methyl/N-ethyl adjacent to an activating group) is 2. The van der Waals surface area contributed by atoms with Gasteiger partial charge in [-0.15, -0.1) is 8.75 Å². The Balaban J connectivity index is 1.37. The summed E-state index contributed by atoms with van der Waals surface area (Å²) in [6, 6.07) is 0. The van der Waals surface area contributed by atoms with Crippen molar-refractivity contribution in [3.8, 4) is 11.8 Å². The van der Waals surface area contributed by atoms with Crippen molar-refractivity contribution in [3.63, 3.8) is 0 Å².